The lowest BCUT2D eigenvalue weighted by atomic mass is 9.95. The summed E-state index contributed by atoms with van der Waals surface area (Å²) in [6.07, 6.45) is 5.51. The fourth-order valence-corrected chi connectivity index (χ4v) is 3.60. The lowest BCUT2D eigenvalue weighted by molar-refractivity contribution is 0.0476. The number of carbonyl (C=O) groups is 2. The Morgan fingerprint density at radius 3 is 2.28 bits per heavy atom. The second-order valence-electron chi connectivity index (χ2n) is 7.24. The fourth-order valence-electron chi connectivity index (χ4n) is 3.60. The molecule has 1 aromatic heterocycles. The van der Waals surface area contributed by atoms with Gasteiger partial charge in [0.1, 0.15) is 11.4 Å². The number of hydrogen-bond acceptors (Lipinski definition) is 6. The Morgan fingerprint density at radius 2 is 1.66 bits per heavy atom. The molecule has 0 unspecified atom stereocenters. The first-order valence-corrected chi connectivity index (χ1v) is 10.4. The second-order valence-corrected chi connectivity index (χ2v) is 7.24. The Balaban J connectivity index is 2.13. The minimum Gasteiger partial charge on any atom is -0.462 e. The first kappa shape index (κ1) is 20.9. The van der Waals surface area contributed by atoms with E-state index in [4.69, 9.17) is 9.47 Å². The zero-order valence-corrected chi connectivity index (χ0v) is 17.4. The van der Waals surface area contributed by atoms with Gasteiger partial charge in [-0.15, -0.1) is 0 Å². The van der Waals surface area contributed by atoms with Gasteiger partial charge in [0.25, 0.3) is 0 Å². The molecule has 156 valence electrons. The van der Waals surface area contributed by atoms with Crippen LogP contribution >= 0.6 is 0 Å². The molecular formula is C22H29N3O4. The van der Waals surface area contributed by atoms with Crippen LogP contribution in [0.25, 0.3) is 5.69 Å². The topological polar surface area (TPSA) is 82.5 Å². The highest BCUT2D eigenvalue weighted by Gasteiger charge is 2.32. The van der Waals surface area contributed by atoms with Crippen LogP contribution < -0.4 is 5.32 Å². The van der Waals surface area contributed by atoms with Crippen molar-refractivity contribution in [3.05, 3.63) is 41.1 Å². The predicted molar refractivity (Wildman–Crippen MR) is 111 cm³/mol. The average Bonchev–Trinajstić information content (AvgIpc) is 3.09. The number of ether oxygens (including phenoxy) is 2. The molecule has 7 nitrogen and oxygen atoms in total. The van der Waals surface area contributed by atoms with Gasteiger partial charge in [-0.1, -0.05) is 37.0 Å². The van der Waals surface area contributed by atoms with Gasteiger partial charge in [-0.05, 0) is 45.7 Å². The van der Waals surface area contributed by atoms with Gasteiger partial charge in [0.05, 0.1) is 18.9 Å². The van der Waals surface area contributed by atoms with E-state index in [1.165, 1.54) is 6.42 Å². The summed E-state index contributed by atoms with van der Waals surface area (Å²) >= 11 is 0. The predicted octanol–water partition coefficient (Wildman–Crippen LogP) is 4.28. The molecule has 0 spiro atoms. The number of aryl methyl sites for hydroxylation is 1. The third-order valence-corrected chi connectivity index (χ3v) is 5.06. The van der Waals surface area contributed by atoms with Crippen molar-refractivity contribution in [2.75, 3.05) is 18.5 Å². The summed E-state index contributed by atoms with van der Waals surface area (Å²) in [6, 6.07) is 7.98. The molecule has 1 N–H and O–H groups in total. The maximum absolute atomic E-state index is 12.8. The Hall–Kier alpha value is -2.83. The molecule has 3 rings (SSSR count). The number of nitrogens with one attached hydrogen (secondary N) is 1. The van der Waals surface area contributed by atoms with E-state index >= 15 is 0 Å². The number of benzene rings is 1. The quantitative estimate of drug-likeness (QED) is 0.700. The summed E-state index contributed by atoms with van der Waals surface area (Å²) in [4.78, 5) is 25.4. The lowest BCUT2D eigenvalue weighted by Crippen LogP contribution is -2.25. The highest BCUT2D eigenvalue weighted by Crippen LogP contribution is 2.29. The van der Waals surface area contributed by atoms with E-state index in [1.54, 1.807) is 18.5 Å². The zero-order chi connectivity index (χ0) is 20.8. The fraction of sp³-hybridized carbons (Fsp3) is 0.500. The van der Waals surface area contributed by atoms with Gasteiger partial charge in [-0.25, -0.2) is 14.3 Å². The first-order chi connectivity index (χ1) is 14.0. The van der Waals surface area contributed by atoms with Gasteiger partial charge in [0.15, 0.2) is 5.69 Å². The zero-order valence-electron chi connectivity index (χ0n) is 17.4. The number of anilines is 1. The third kappa shape index (κ3) is 4.78. The SMILES string of the molecule is CCOC(=O)c1nn(-c2ccc(C)cc2)c(NC2CCCCC2)c1C(=O)OCC. The van der Waals surface area contributed by atoms with E-state index in [0.717, 1.165) is 36.9 Å². The monoisotopic (exact) mass is 399 g/mol. The van der Waals surface area contributed by atoms with Crippen molar-refractivity contribution in [1.29, 1.82) is 0 Å². The summed E-state index contributed by atoms with van der Waals surface area (Å²) in [7, 11) is 0. The van der Waals surface area contributed by atoms with E-state index < -0.39 is 11.9 Å². The largest absolute Gasteiger partial charge is 0.462 e. The number of rotatable bonds is 7. The van der Waals surface area contributed by atoms with Gasteiger partial charge < -0.3 is 14.8 Å². The van der Waals surface area contributed by atoms with Crippen LogP contribution in [-0.4, -0.2) is 41.0 Å². The van der Waals surface area contributed by atoms with Crippen molar-refractivity contribution in [3.63, 3.8) is 0 Å². The molecule has 1 fully saturated rings. The van der Waals surface area contributed by atoms with Crippen molar-refractivity contribution < 1.29 is 19.1 Å². The van der Waals surface area contributed by atoms with Crippen LogP contribution in [0, 0.1) is 6.92 Å². The first-order valence-electron chi connectivity index (χ1n) is 10.4. The van der Waals surface area contributed by atoms with Gasteiger partial charge in [-0.2, -0.15) is 5.10 Å². The molecule has 0 radical (unpaired) electrons. The molecule has 1 aromatic carbocycles. The minimum atomic E-state index is -0.631. The number of hydrogen-bond donors (Lipinski definition) is 1. The molecule has 7 heteroatoms. The smallest absolute Gasteiger partial charge is 0.359 e. The number of aromatic nitrogens is 2. The number of nitrogens with zero attached hydrogens (tertiary/aromatic N) is 2. The van der Waals surface area contributed by atoms with Crippen molar-refractivity contribution >= 4 is 17.8 Å². The Labute approximate surface area is 171 Å². The van der Waals surface area contributed by atoms with E-state index in [0.29, 0.717) is 5.82 Å². The summed E-state index contributed by atoms with van der Waals surface area (Å²) in [5.74, 6) is -0.720. The summed E-state index contributed by atoms with van der Waals surface area (Å²) in [6.45, 7) is 5.87. The standard InChI is InChI=1S/C22H29N3O4/c1-4-28-21(26)18-19(22(27)29-5-2)24-25(17-13-11-15(3)12-14-17)20(18)23-16-9-7-6-8-10-16/h11-14,16,23H,4-10H2,1-3H3. The highest BCUT2D eigenvalue weighted by molar-refractivity contribution is 6.06. The molecule has 1 heterocycles. The molecule has 1 aliphatic rings. The maximum atomic E-state index is 12.8. The van der Waals surface area contributed by atoms with Crippen LogP contribution in [0.5, 0.6) is 0 Å². The van der Waals surface area contributed by atoms with Gasteiger partial charge >= 0.3 is 11.9 Å². The second kappa shape index (κ2) is 9.58. The Bertz CT molecular complexity index is 852. The van der Waals surface area contributed by atoms with Crippen LogP contribution in [-0.2, 0) is 9.47 Å². The third-order valence-electron chi connectivity index (χ3n) is 5.06. The van der Waals surface area contributed by atoms with Crippen molar-refractivity contribution in [2.24, 2.45) is 0 Å². The highest BCUT2D eigenvalue weighted by atomic mass is 16.5. The van der Waals surface area contributed by atoms with E-state index in [-0.39, 0.29) is 30.5 Å². The van der Waals surface area contributed by atoms with Crippen molar-refractivity contribution in [3.8, 4) is 5.69 Å². The van der Waals surface area contributed by atoms with Crippen molar-refractivity contribution in [2.45, 2.75) is 58.9 Å². The molecule has 0 saturated heterocycles. The van der Waals surface area contributed by atoms with Crippen LogP contribution in [0.3, 0.4) is 0 Å². The molecule has 0 bridgehead atoms. The number of esters is 2. The average molecular weight is 399 g/mol. The van der Waals surface area contributed by atoms with E-state index in [9.17, 15) is 9.59 Å². The van der Waals surface area contributed by atoms with Gasteiger partial charge in [-0.3, -0.25) is 0 Å². The summed E-state index contributed by atoms with van der Waals surface area (Å²) in [5, 5.41) is 7.96. The van der Waals surface area contributed by atoms with Crippen LogP contribution in [0.1, 0.15) is 72.4 Å². The van der Waals surface area contributed by atoms with Crippen LogP contribution in [0.4, 0.5) is 5.82 Å². The summed E-state index contributed by atoms with van der Waals surface area (Å²) in [5.41, 5.74) is 1.98. The Kier molecular flexibility index (Phi) is 6.90. The summed E-state index contributed by atoms with van der Waals surface area (Å²) < 4.78 is 12.0. The van der Waals surface area contributed by atoms with Crippen LogP contribution in [0.2, 0.25) is 0 Å². The van der Waals surface area contributed by atoms with Crippen LogP contribution in [0.15, 0.2) is 24.3 Å². The van der Waals surface area contributed by atoms with Crippen molar-refractivity contribution in [1.82, 2.24) is 9.78 Å². The molecule has 1 saturated carbocycles. The normalized spacial score (nSPS) is 14.4. The van der Waals surface area contributed by atoms with E-state index in [1.807, 2.05) is 31.2 Å². The lowest BCUT2D eigenvalue weighted by Gasteiger charge is -2.24. The Morgan fingerprint density at radius 1 is 1.03 bits per heavy atom. The number of carbonyl (C=O) groups excluding carboxylic acids is 2. The van der Waals surface area contributed by atoms with Gasteiger partial charge in [0.2, 0.25) is 0 Å². The molecule has 0 amide bonds. The van der Waals surface area contributed by atoms with E-state index in [2.05, 4.69) is 10.4 Å². The van der Waals surface area contributed by atoms with Gasteiger partial charge in [0, 0.05) is 6.04 Å². The molecular weight excluding hydrogens is 370 g/mol. The molecule has 0 aliphatic heterocycles. The molecule has 2 aromatic rings. The molecule has 0 atom stereocenters. The minimum absolute atomic E-state index is 0.0239. The maximum Gasteiger partial charge on any atom is 0.359 e. The molecule has 29 heavy (non-hydrogen) atoms. The molecule has 1 aliphatic carbocycles.